The molecule has 2 aromatic carbocycles. The van der Waals surface area contributed by atoms with Gasteiger partial charge in [0.1, 0.15) is 0 Å². The number of ether oxygens (including phenoxy) is 3. The highest BCUT2D eigenvalue weighted by molar-refractivity contribution is 6.31. The van der Waals surface area contributed by atoms with E-state index in [1.165, 1.54) is 20.1 Å². The van der Waals surface area contributed by atoms with Crippen molar-refractivity contribution in [2.75, 3.05) is 21.3 Å². The van der Waals surface area contributed by atoms with Gasteiger partial charge in [0.15, 0.2) is 0 Å². The highest BCUT2D eigenvalue weighted by Gasteiger charge is 2.37. The lowest BCUT2D eigenvalue weighted by molar-refractivity contribution is -0.157. The van der Waals surface area contributed by atoms with Gasteiger partial charge in [-0.15, -0.1) is 0 Å². The van der Waals surface area contributed by atoms with Crippen molar-refractivity contribution < 1.29 is 50.5 Å². The predicted molar refractivity (Wildman–Crippen MR) is 128 cm³/mol. The Labute approximate surface area is 224 Å². The maximum absolute atomic E-state index is 12.6. The van der Waals surface area contributed by atoms with Gasteiger partial charge in [-0.25, -0.2) is 14.4 Å². The molecule has 0 aliphatic carbocycles. The van der Waals surface area contributed by atoms with E-state index in [0.29, 0.717) is 16.7 Å². The second-order valence-electron chi connectivity index (χ2n) is 7.03. The second kappa shape index (κ2) is 14.3. The Morgan fingerprint density at radius 3 is 1.32 bits per heavy atom. The fraction of sp³-hybridized carbons (Fsp3) is 0.348. The molecule has 0 atom stereocenters. The molecule has 6 nitrogen and oxygen atoms in total. The largest absolute Gasteiger partial charge is 0.465 e. The molecule has 0 unspecified atom stereocenters. The molecule has 0 aromatic heterocycles. The summed E-state index contributed by atoms with van der Waals surface area (Å²) in [6.45, 7) is 5.05. The van der Waals surface area contributed by atoms with E-state index in [9.17, 15) is 36.3 Å². The Balaban J connectivity index is 0.000000556. The summed E-state index contributed by atoms with van der Waals surface area (Å²) in [5, 5.41) is -3.31. The van der Waals surface area contributed by atoms with Crippen LogP contribution in [0.25, 0.3) is 0 Å². The molecule has 0 aliphatic heterocycles. The summed E-state index contributed by atoms with van der Waals surface area (Å²) in [5.74, 6) is -3.08. The third-order valence-electron chi connectivity index (χ3n) is 4.30. The Hall–Kier alpha value is -2.63. The van der Waals surface area contributed by atoms with Gasteiger partial charge in [-0.2, -0.15) is 22.0 Å². The molecule has 0 radical (unpaired) electrons. The van der Waals surface area contributed by atoms with Crippen molar-refractivity contribution in [1.82, 2.24) is 0 Å². The minimum absolute atomic E-state index is 0.0718. The molecule has 2 rings (SSSR count). The minimum atomic E-state index is -4.64. The molecule has 0 N–H and O–H groups in total. The lowest BCUT2D eigenvalue weighted by Gasteiger charge is -2.14. The summed E-state index contributed by atoms with van der Waals surface area (Å²) in [6, 6.07) is 5.49. The van der Waals surface area contributed by atoms with Crippen LogP contribution in [-0.2, 0) is 25.2 Å². The first-order valence-electron chi connectivity index (χ1n) is 9.77. The van der Waals surface area contributed by atoms with E-state index in [1.807, 2.05) is 13.8 Å². The molecule has 0 aliphatic rings. The molecule has 0 saturated carbocycles. The number of hydrogen-bond acceptors (Lipinski definition) is 6. The van der Waals surface area contributed by atoms with E-state index in [4.69, 9.17) is 23.2 Å². The summed E-state index contributed by atoms with van der Waals surface area (Å²) in [4.78, 5) is 32.3. The van der Waals surface area contributed by atoms with E-state index in [-0.39, 0.29) is 16.6 Å². The number of aryl methyl sites for hydroxylation is 3. The average Bonchev–Trinajstić information content (AvgIpc) is 2.76. The number of carbonyl (C=O) groups excluding carboxylic acids is 3. The number of esters is 3. The molecular formula is C23H22Cl3F5O6. The first-order chi connectivity index (χ1) is 16.8. The fourth-order valence-electron chi connectivity index (χ4n) is 2.79. The monoisotopic (exact) mass is 594 g/mol. The maximum atomic E-state index is 12.6. The van der Waals surface area contributed by atoms with Gasteiger partial charge in [0, 0.05) is 10.0 Å². The zero-order valence-electron chi connectivity index (χ0n) is 20.3. The van der Waals surface area contributed by atoms with Crippen LogP contribution in [0.4, 0.5) is 22.0 Å². The van der Waals surface area contributed by atoms with Crippen LogP contribution in [0.5, 0.6) is 0 Å². The van der Waals surface area contributed by atoms with Gasteiger partial charge in [0.2, 0.25) is 0 Å². The number of halogens is 8. The van der Waals surface area contributed by atoms with Crippen molar-refractivity contribution in [2.24, 2.45) is 0 Å². The van der Waals surface area contributed by atoms with E-state index >= 15 is 0 Å². The minimum Gasteiger partial charge on any atom is -0.465 e. The first kappa shape index (κ1) is 34.4. The Bertz CT molecular complexity index is 1110. The van der Waals surface area contributed by atoms with Gasteiger partial charge in [0.25, 0.3) is 0 Å². The summed E-state index contributed by atoms with van der Waals surface area (Å²) < 4.78 is 73.3. The van der Waals surface area contributed by atoms with Crippen LogP contribution in [0.2, 0.25) is 10.0 Å². The fourth-order valence-corrected chi connectivity index (χ4v) is 3.47. The molecule has 206 valence electrons. The van der Waals surface area contributed by atoms with E-state index in [0.717, 1.165) is 25.3 Å². The quantitative estimate of drug-likeness (QED) is 0.162. The summed E-state index contributed by atoms with van der Waals surface area (Å²) in [7, 11) is 3.23. The molecule has 0 saturated heterocycles. The van der Waals surface area contributed by atoms with Crippen LogP contribution in [0, 0.1) is 20.8 Å². The lowest BCUT2D eigenvalue weighted by atomic mass is 10.0. The molecule has 0 fully saturated rings. The standard InChI is InChI=1S/C10H8ClF3O2.C10H11ClO2.C3H3ClF2O2/c1-5-3-6(11)4-7(10(12,13)14)8(5)9(15)16-2;1-6-4-8(11)5-7(2)9(6)10(12)13-3;1-8-2(7)3(4,5)6/h3-4H,1-2H3;4-5H,1-3H3;1H3. The first-order valence-corrected chi connectivity index (χ1v) is 10.9. The second-order valence-corrected chi connectivity index (χ2v) is 8.38. The SMILES string of the molecule is COC(=O)C(F)(F)Cl.COC(=O)c1c(C)cc(Cl)cc1C.COC(=O)c1c(C)cc(Cl)cc1C(F)(F)F. The van der Waals surface area contributed by atoms with Crippen LogP contribution in [0.1, 0.15) is 43.0 Å². The van der Waals surface area contributed by atoms with Gasteiger partial charge in [-0.3, -0.25) is 0 Å². The summed E-state index contributed by atoms with van der Waals surface area (Å²) >= 11 is 15.5. The van der Waals surface area contributed by atoms with Crippen LogP contribution >= 0.6 is 34.8 Å². The predicted octanol–water partition coefficient (Wildman–Crippen LogP) is 7.19. The molecule has 0 amide bonds. The molecule has 37 heavy (non-hydrogen) atoms. The lowest BCUT2D eigenvalue weighted by Crippen LogP contribution is -2.22. The van der Waals surface area contributed by atoms with Gasteiger partial charge in [-0.05, 0) is 73.3 Å². The van der Waals surface area contributed by atoms with Crippen LogP contribution < -0.4 is 0 Å². The summed E-state index contributed by atoms with van der Waals surface area (Å²) in [5.41, 5.74) is 0.844. The number of benzene rings is 2. The normalized spacial score (nSPS) is 10.8. The van der Waals surface area contributed by atoms with E-state index < -0.39 is 34.6 Å². The third kappa shape index (κ3) is 10.7. The van der Waals surface area contributed by atoms with Crippen LogP contribution in [0.15, 0.2) is 24.3 Å². The van der Waals surface area contributed by atoms with Crippen molar-refractivity contribution in [3.63, 3.8) is 0 Å². The number of rotatable bonds is 3. The van der Waals surface area contributed by atoms with E-state index in [1.54, 1.807) is 12.1 Å². The smallest absolute Gasteiger partial charge is 0.417 e. The zero-order valence-corrected chi connectivity index (χ0v) is 22.6. The number of alkyl halides is 6. The molecule has 0 spiro atoms. The van der Waals surface area contributed by atoms with Gasteiger partial charge in [-0.1, -0.05) is 23.2 Å². The van der Waals surface area contributed by atoms with Gasteiger partial charge >= 0.3 is 29.5 Å². The van der Waals surface area contributed by atoms with Crippen molar-refractivity contribution in [2.45, 2.75) is 32.3 Å². The molecule has 0 bridgehead atoms. The number of methoxy groups -OCH3 is 3. The van der Waals surface area contributed by atoms with Crippen molar-refractivity contribution in [3.05, 3.63) is 67.7 Å². The van der Waals surface area contributed by atoms with Gasteiger partial charge < -0.3 is 14.2 Å². The van der Waals surface area contributed by atoms with E-state index in [2.05, 4.69) is 25.8 Å². The molecular weight excluding hydrogens is 574 g/mol. The highest BCUT2D eigenvalue weighted by Crippen LogP contribution is 2.35. The van der Waals surface area contributed by atoms with Crippen LogP contribution in [-0.4, -0.2) is 44.6 Å². The highest BCUT2D eigenvalue weighted by atomic mass is 35.5. The maximum Gasteiger partial charge on any atom is 0.417 e. The third-order valence-corrected chi connectivity index (χ3v) is 4.89. The molecule has 14 heteroatoms. The topological polar surface area (TPSA) is 78.9 Å². The molecule has 2 aromatic rings. The Morgan fingerprint density at radius 2 is 1.03 bits per heavy atom. The Morgan fingerprint density at radius 1 is 0.676 bits per heavy atom. The number of hydrogen-bond donors (Lipinski definition) is 0. The molecule has 0 heterocycles. The van der Waals surface area contributed by atoms with Crippen molar-refractivity contribution >= 4 is 52.7 Å². The Kier molecular flexibility index (Phi) is 13.3. The average molecular weight is 596 g/mol. The van der Waals surface area contributed by atoms with Gasteiger partial charge in [0.05, 0.1) is 38.0 Å². The number of carbonyl (C=O) groups is 3. The zero-order chi connectivity index (χ0) is 29.3. The van der Waals surface area contributed by atoms with Crippen molar-refractivity contribution in [3.8, 4) is 0 Å². The van der Waals surface area contributed by atoms with Crippen molar-refractivity contribution in [1.29, 1.82) is 0 Å². The summed E-state index contributed by atoms with van der Waals surface area (Å²) in [6.07, 6.45) is -4.64. The van der Waals surface area contributed by atoms with Crippen LogP contribution in [0.3, 0.4) is 0 Å².